The van der Waals surface area contributed by atoms with E-state index in [0.29, 0.717) is 6.42 Å². The van der Waals surface area contributed by atoms with E-state index in [2.05, 4.69) is 12.2 Å². The lowest BCUT2D eigenvalue weighted by Gasteiger charge is -2.30. The van der Waals surface area contributed by atoms with E-state index >= 15 is 0 Å². The Hall–Kier alpha value is -0.710. The number of fused-ring (bicyclic) bond motifs is 1. The van der Waals surface area contributed by atoms with Gasteiger partial charge in [0.15, 0.2) is 0 Å². The van der Waals surface area contributed by atoms with Gasteiger partial charge in [0.05, 0.1) is 4.87 Å². The molecule has 2 fully saturated rings. The van der Waals surface area contributed by atoms with Crippen molar-refractivity contribution in [2.75, 3.05) is 5.75 Å². The van der Waals surface area contributed by atoms with Gasteiger partial charge < -0.3 is 10.2 Å². The fraction of sp³-hybridized carbons (Fsp3) is 0.818. The van der Waals surface area contributed by atoms with Gasteiger partial charge >= 0.3 is 0 Å². The van der Waals surface area contributed by atoms with Crippen LogP contribution in [0.4, 0.5) is 0 Å². The first kappa shape index (κ1) is 11.8. The average molecular weight is 242 g/mol. The first-order valence-corrected chi connectivity index (χ1v) is 6.69. The van der Waals surface area contributed by atoms with Crippen molar-refractivity contribution in [1.29, 1.82) is 0 Å². The normalized spacial score (nSPS) is 33.4. The first-order chi connectivity index (χ1) is 7.44. The average Bonchev–Trinajstić information content (AvgIpc) is 2.64. The van der Waals surface area contributed by atoms with Crippen molar-refractivity contribution in [3.63, 3.8) is 0 Å². The van der Waals surface area contributed by atoms with Gasteiger partial charge in [-0.1, -0.05) is 0 Å². The third-order valence-electron chi connectivity index (χ3n) is 3.18. The third kappa shape index (κ3) is 1.81. The van der Waals surface area contributed by atoms with Gasteiger partial charge in [0, 0.05) is 18.2 Å². The smallest absolute Gasteiger partial charge is 0.243 e. The van der Waals surface area contributed by atoms with Crippen LogP contribution in [0.5, 0.6) is 0 Å². The van der Waals surface area contributed by atoms with E-state index < -0.39 is 0 Å². The Kier molecular flexibility index (Phi) is 2.90. The Morgan fingerprint density at radius 2 is 2.31 bits per heavy atom. The van der Waals surface area contributed by atoms with Gasteiger partial charge in [0.2, 0.25) is 11.8 Å². The van der Waals surface area contributed by atoms with Crippen molar-refractivity contribution in [1.82, 2.24) is 10.2 Å². The molecule has 2 rings (SSSR count). The van der Waals surface area contributed by atoms with E-state index in [4.69, 9.17) is 0 Å². The molecule has 2 amide bonds. The van der Waals surface area contributed by atoms with Crippen molar-refractivity contribution in [2.24, 2.45) is 0 Å². The van der Waals surface area contributed by atoms with E-state index in [1.165, 1.54) is 0 Å². The molecule has 0 aliphatic carbocycles. The zero-order valence-electron chi connectivity index (χ0n) is 9.95. The second-order valence-corrected chi connectivity index (χ2v) is 6.43. The van der Waals surface area contributed by atoms with Crippen molar-refractivity contribution < 1.29 is 9.59 Å². The van der Waals surface area contributed by atoms with Gasteiger partial charge in [-0.05, 0) is 27.2 Å². The van der Waals surface area contributed by atoms with Crippen molar-refractivity contribution in [2.45, 2.75) is 50.6 Å². The zero-order chi connectivity index (χ0) is 11.9. The monoisotopic (exact) mass is 242 g/mol. The number of thioether (sulfide) groups is 1. The van der Waals surface area contributed by atoms with E-state index in [-0.39, 0.29) is 28.8 Å². The molecule has 0 spiro atoms. The predicted molar refractivity (Wildman–Crippen MR) is 64.0 cm³/mol. The summed E-state index contributed by atoms with van der Waals surface area (Å²) < 4.78 is 0. The summed E-state index contributed by atoms with van der Waals surface area (Å²) in [4.78, 5) is 25.4. The summed E-state index contributed by atoms with van der Waals surface area (Å²) in [5.74, 6) is 0.832. The zero-order valence-corrected chi connectivity index (χ0v) is 10.8. The van der Waals surface area contributed by atoms with Crippen molar-refractivity contribution >= 4 is 23.6 Å². The topological polar surface area (TPSA) is 49.4 Å². The fourth-order valence-electron chi connectivity index (χ4n) is 2.40. The molecular weight excluding hydrogens is 224 g/mol. The van der Waals surface area contributed by atoms with Crippen LogP contribution in [0.2, 0.25) is 0 Å². The van der Waals surface area contributed by atoms with Crippen molar-refractivity contribution in [3.05, 3.63) is 0 Å². The maximum absolute atomic E-state index is 12.0. The molecule has 0 aromatic heterocycles. The Morgan fingerprint density at radius 3 is 2.94 bits per heavy atom. The molecule has 2 aliphatic rings. The van der Waals surface area contributed by atoms with Crippen LogP contribution >= 0.6 is 11.8 Å². The Morgan fingerprint density at radius 1 is 1.62 bits per heavy atom. The van der Waals surface area contributed by atoms with Crippen LogP contribution in [0.1, 0.15) is 33.6 Å². The number of carbonyl (C=O) groups is 2. The molecule has 0 saturated carbocycles. The summed E-state index contributed by atoms with van der Waals surface area (Å²) in [5, 5.41) is 2.89. The SMILES string of the molecule is CC(C)NC(=O)[C@@H]1CS[C@@]2(C)CCC(=O)N12. The van der Waals surface area contributed by atoms with Gasteiger partial charge in [0.1, 0.15) is 6.04 Å². The molecule has 1 N–H and O–H groups in total. The number of hydrogen-bond acceptors (Lipinski definition) is 3. The van der Waals surface area contributed by atoms with Crippen LogP contribution in [0.3, 0.4) is 0 Å². The van der Waals surface area contributed by atoms with E-state index in [9.17, 15) is 9.59 Å². The second-order valence-electron chi connectivity index (χ2n) is 4.93. The molecule has 0 unspecified atom stereocenters. The van der Waals surface area contributed by atoms with E-state index in [0.717, 1.165) is 12.2 Å². The summed E-state index contributed by atoms with van der Waals surface area (Å²) in [6, 6.07) is -0.144. The standard InChI is InChI=1S/C11H18N2O2S/c1-7(2)12-10(15)8-6-16-11(3)5-4-9(14)13(8)11/h7-8H,4-6H2,1-3H3,(H,12,15)/t8-,11-/m0/s1. The number of nitrogens with one attached hydrogen (secondary N) is 1. The third-order valence-corrected chi connectivity index (χ3v) is 4.68. The molecule has 16 heavy (non-hydrogen) atoms. The summed E-state index contributed by atoms with van der Waals surface area (Å²) in [6.45, 7) is 5.93. The largest absolute Gasteiger partial charge is 0.352 e. The molecule has 0 aromatic carbocycles. The number of rotatable bonds is 2. The Bertz CT molecular complexity index is 332. The molecule has 2 saturated heterocycles. The maximum atomic E-state index is 12.0. The molecule has 0 aromatic rings. The summed E-state index contributed by atoms with van der Waals surface area (Å²) in [7, 11) is 0. The van der Waals surface area contributed by atoms with Crippen LogP contribution in [0, 0.1) is 0 Å². The number of hydrogen-bond donors (Lipinski definition) is 1. The van der Waals surface area contributed by atoms with Gasteiger partial charge in [-0.3, -0.25) is 9.59 Å². The lowest BCUT2D eigenvalue weighted by Crippen LogP contribution is -2.51. The van der Waals surface area contributed by atoms with E-state index in [1.807, 2.05) is 13.8 Å². The van der Waals surface area contributed by atoms with Crippen LogP contribution in [-0.4, -0.2) is 39.4 Å². The van der Waals surface area contributed by atoms with Crippen LogP contribution in [-0.2, 0) is 9.59 Å². The molecule has 4 nitrogen and oxygen atoms in total. The van der Waals surface area contributed by atoms with Gasteiger partial charge in [-0.15, -0.1) is 11.8 Å². The summed E-state index contributed by atoms with van der Waals surface area (Å²) in [5.41, 5.74) is 0. The fourth-order valence-corrected chi connectivity index (χ4v) is 3.83. The van der Waals surface area contributed by atoms with Gasteiger partial charge in [-0.25, -0.2) is 0 Å². The van der Waals surface area contributed by atoms with Gasteiger partial charge in [0.25, 0.3) is 0 Å². The Labute approximate surface area is 100 Å². The minimum Gasteiger partial charge on any atom is -0.352 e. The lowest BCUT2D eigenvalue weighted by molar-refractivity contribution is -0.138. The minimum absolute atomic E-state index is 0.0125. The highest BCUT2D eigenvalue weighted by Crippen LogP contribution is 2.47. The Balaban J connectivity index is 2.13. The molecule has 5 heteroatoms. The number of carbonyl (C=O) groups excluding carboxylic acids is 2. The van der Waals surface area contributed by atoms with Crippen LogP contribution < -0.4 is 5.32 Å². The molecule has 90 valence electrons. The molecule has 0 bridgehead atoms. The number of amides is 2. The molecule has 2 aliphatic heterocycles. The van der Waals surface area contributed by atoms with Crippen LogP contribution in [0.15, 0.2) is 0 Å². The highest BCUT2D eigenvalue weighted by Gasteiger charge is 2.52. The van der Waals surface area contributed by atoms with E-state index in [1.54, 1.807) is 16.7 Å². The molecule has 2 heterocycles. The lowest BCUT2D eigenvalue weighted by atomic mass is 10.2. The quantitative estimate of drug-likeness (QED) is 0.785. The highest BCUT2D eigenvalue weighted by molar-refractivity contribution is 8.01. The predicted octanol–water partition coefficient (Wildman–Crippen LogP) is 0.965. The van der Waals surface area contributed by atoms with Crippen LogP contribution in [0.25, 0.3) is 0 Å². The summed E-state index contributed by atoms with van der Waals surface area (Å²) >= 11 is 1.73. The van der Waals surface area contributed by atoms with Crippen molar-refractivity contribution in [3.8, 4) is 0 Å². The maximum Gasteiger partial charge on any atom is 0.243 e. The van der Waals surface area contributed by atoms with Gasteiger partial charge in [-0.2, -0.15) is 0 Å². The minimum atomic E-state index is -0.271. The molecule has 0 radical (unpaired) electrons. The molecular formula is C11H18N2O2S. The summed E-state index contributed by atoms with van der Waals surface area (Å²) in [6.07, 6.45) is 1.44. The number of nitrogens with zero attached hydrogens (tertiary/aromatic N) is 1. The second kappa shape index (κ2) is 3.95. The first-order valence-electron chi connectivity index (χ1n) is 5.70. The molecule has 2 atom stereocenters. The highest BCUT2D eigenvalue weighted by atomic mass is 32.2.